The van der Waals surface area contributed by atoms with E-state index in [1.54, 1.807) is 6.07 Å². The number of nitrogens with zero attached hydrogens (tertiary/aromatic N) is 2. The van der Waals surface area contributed by atoms with Gasteiger partial charge in [-0.3, -0.25) is 0 Å². The van der Waals surface area contributed by atoms with Gasteiger partial charge in [-0.05, 0) is 42.0 Å². The van der Waals surface area contributed by atoms with Crippen molar-refractivity contribution in [3.05, 3.63) is 21.5 Å². The van der Waals surface area contributed by atoms with Gasteiger partial charge in [0.2, 0.25) is 5.95 Å². The molecule has 0 bridgehead atoms. The van der Waals surface area contributed by atoms with Crippen LogP contribution in [0.4, 0.5) is 10.3 Å². The smallest absolute Gasteiger partial charge is 0.201 e. The van der Waals surface area contributed by atoms with Gasteiger partial charge in [0.1, 0.15) is 5.82 Å². The van der Waals surface area contributed by atoms with Gasteiger partial charge in [0.15, 0.2) is 0 Å². The second-order valence-electron chi connectivity index (χ2n) is 4.96. The molecule has 1 fully saturated rings. The van der Waals surface area contributed by atoms with Crippen molar-refractivity contribution < 1.29 is 9.13 Å². The van der Waals surface area contributed by atoms with Crippen LogP contribution in [0.25, 0.3) is 11.0 Å². The molecule has 2 atom stereocenters. The van der Waals surface area contributed by atoms with Crippen LogP contribution in [0.5, 0.6) is 0 Å². The van der Waals surface area contributed by atoms with Crippen molar-refractivity contribution in [3.63, 3.8) is 0 Å². The molecule has 102 valence electrons. The van der Waals surface area contributed by atoms with E-state index in [2.05, 4.69) is 11.9 Å². The summed E-state index contributed by atoms with van der Waals surface area (Å²) in [6.07, 6.45) is 1.22. The average molecular weight is 375 g/mol. The van der Waals surface area contributed by atoms with E-state index in [-0.39, 0.29) is 11.9 Å². The van der Waals surface area contributed by atoms with Crippen LogP contribution in [0.2, 0.25) is 0 Å². The Morgan fingerprint density at radius 2 is 2.37 bits per heavy atom. The minimum absolute atomic E-state index is 0.213. The Kier molecular flexibility index (Phi) is 3.38. The lowest BCUT2D eigenvalue weighted by atomic mass is 10.0. The van der Waals surface area contributed by atoms with Crippen molar-refractivity contribution in [2.24, 2.45) is 5.92 Å². The van der Waals surface area contributed by atoms with Gasteiger partial charge in [0, 0.05) is 25.1 Å². The fraction of sp³-hybridized carbons (Fsp3) is 0.462. The molecule has 2 unspecified atom stereocenters. The van der Waals surface area contributed by atoms with Crippen molar-refractivity contribution in [3.8, 4) is 0 Å². The third kappa shape index (κ3) is 2.31. The predicted octanol–water partition coefficient (Wildman–Crippen LogP) is 2.79. The minimum Gasteiger partial charge on any atom is -0.378 e. The predicted molar refractivity (Wildman–Crippen MR) is 80.3 cm³/mol. The van der Waals surface area contributed by atoms with Crippen molar-refractivity contribution in [1.29, 1.82) is 0 Å². The number of hydrogen-bond donors (Lipinski definition) is 1. The Morgan fingerprint density at radius 3 is 3.05 bits per heavy atom. The molecule has 2 heterocycles. The van der Waals surface area contributed by atoms with Crippen LogP contribution in [0.1, 0.15) is 13.3 Å². The third-order valence-corrected chi connectivity index (χ3v) is 4.60. The molecule has 6 heteroatoms. The lowest BCUT2D eigenvalue weighted by Gasteiger charge is -2.16. The summed E-state index contributed by atoms with van der Waals surface area (Å²) in [7, 11) is 0. The Bertz CT molecular complexity index is 628. The topological polar surface area (TPSA) is 53.1 Å². The molecular formula is C13H15FIN3O. The Labute approximate surface area is 124 Å². The summed E-state index contributed by atoms with van der Waals surface area (Å²) in [5.74, 6) is 0.613. The molecule has 0 amide bonds. The molecule has 0 radical (unpaired) electrons. The van der Waals surface area contributed by atoms with Crippen LogP contribution in [-0.4, -0.2) is 22.3 Å². The number of nitrogen functional groups attached to an aromatic ring is 1. The number of aromatic nitrogens is 2. The largest absolute Gasteiger partial charge is 0.378 e. The van der Waals surface area contributed by atoms with Crippen molar-refractivity contribution in [2.45, 2.75) is 26.0 Å². The Hall–Kier alpha value is -0.890. The maximum Gasteiger partial charge on any atom is 0.201 e. The second kappa shape index (κ2) is 4.90. The molecule has 4 nitrogen and oxygen atoms in total. The van der Waals surface area contributed by atoms with Gasteiger partial charge in [-0.15, -0.1) is 0 Å². The number of fused-ring (bicyclic) bond motifs is 1. The standard InChI is InChI=1S/C13H15FIN3O/c1-7-8(2-3-19-7)6-18-12-4-9(14)10(15)5-11(12)17-13(18)16/h4-5,7-8H,2-3,6H2,1H3,(H2,16,17). The van der Waals surface area contributed by atoms with Crippen LogP contribution in [0.3, 0.4) is 0 Å². The minimum atomic E-state index is -0.232. The number of anilines is 1. The van der Waals surface area contributed by atoms with E-state index in [1.165, 1.54) is 6.07 Å². The van der Waals surface area contributed by atoms with Gasteiger partial charge < -0.3 is 15.0 Å². The molecule has 1 aliphatic heterocycles. The lowest BCUT2D eigenvalue weighted by Crippen LogP contribution is -2.19. The summed E-state index contributed by atoms with van der Waals surface area (Å²) in [6.45, 7) is 3.57. The number of hydrogen-bond acceptors (Lipinski definition) is 3. The summed E-state index contributed by atoms with van der Waals surface area (Å²) in [4.78, 5) is 4.31. The summed E-state index contributed by atoms with van der Waals surface area (Å²) < 4.78 is 21.7. The fourth-order valence-corrected chi connectivity index (χ4v) is 3.03. The summed E-state index contributed by atoms with van der Waals surface area (Å²) in [5.41, 5.74) is 7.47. The number of benzene rings is 1. The molecule has 1 aromatic heterocycles. The first kappa shape index (κ1) is 13.1. The van der Waals surface area contributed by atoms with Gasteiger partial charge >= 0.3 is 0 Å². The monoisotopic (exact) mass is 375 g/mol. The average Bonchev–Trinajstić information content (AvgIpc) is 2.88. The zero-order valence-electron chi connectivity index (χ0n) is 10.6. The van der Waals surface area contributed by atoms with E-state index < -0.39 is 0 Å². The van der Waals surface area contributed by atoms with Crippen LogP contribution in [-0.2, 0) is 11.3 Å². The molecule has 0 saturated carbocycles. The molecule has 0 spiro atoms. The highest BCUT2D eigenvalue weighted by molar-refractivity contribution is 14.1. The molecule has 2 aromatic rings. The normalized spacial score (nSPS) is 23.3. The van der Waals surface area contributed by atoms with E-state index in [9.17, 15) is 4.39 Å². The zero-order valence-corrected chi connectivity index (χ0v) is 12.7. The van der Waals surface area contributed by atoms with E-state index >= 15 is 0 Å². The van der Waals surface area contributed by atoms with E-state index in [0.29, 0.717) is 15.4 Å². The first-order valence-corrected chi connectivity index (χ1v) is 7.36. The number of imidazole rings is 1. The van der Waals surface area contributed by atoms with E-state index in [1.807, 2.05) is 27.2 Å². The lowest BCUT2D eigenvalue weighted by molar-refractivity contribution is 0.102. The van der Waals surface area contributed by atoms with Crippen LogP contribution in [0, 0.1) is 15.3 Å². The number of ether oxygens (including phenoxy) is 1. The highest BCUT2D eigenvalue weighted by atomic mass is 127. The molecule has 1 saturated heterocycles. The molecule has 19 heavy (non-hydrogen) atoms. The maximum absolute atomic E-state index is 13.7. The molecule has 2 N–H and O–H groups in total. The van der Waals surface area contributed by atoms with Crippen LogP contribution in [0.15, 0.2) is 12.1 Å². The molecule has 1 aromatic carbocycles. The molecular weight excluding hydrogens is 360 g/mol. The van der Waals surface area contributed by atoms with Crippen molar-refractivity contribution in [1.82, 2.24) is 9.55 Å². The van der Waals surface area contributed by atoms with Gasteiger partial charge in [0.05, 0.1) is 20.7 Å². The Balaban J connectivity index is 2.02. The molecule has 1 aliphatic rings. The SMILES string of the molecule is CC1OCCC1Cn1c(N)nc2cc(I)c(F)cc21. The van der Waals surface area contributed by atoms with Gasteiger partial charge in [-0.25, -0.2) is 9.37 Å². The van der Waals surface area contributed by atoms with Gasteiger partial charge in [0.25, 0.3) is 0 Å². The van der Waals surface area contributed by atoms with Gasteiger partial charge in [-0.2, -0.15) is 0 Å². The summed E-state index contributed by atoms with van der Waals surface area (Å²) in [6, 6.07) is 3.24. The second-order valence-corrected chi connectivity index (χ2v) is 6.12. The maximum atomic E-state index is 13.7. The highest BCUT2D eigenvalue weighted by Gasteiger charge is 2.26. The van der Waals surface area contributed by atoms with E-state index in [4.69, 9.17) is 10.5 Å². The summed E-state index contributed by atoms with van der Waals surface area (Å²) >= 11 is 1.96. The van der Waals surface area contributed by atoms with Crippen LogP contribution >= 0.6 is 22.6 Å². The van der Waals surface area contributed by atoms with Gasteiger partial charge in [-0.1, -0.05) is 0 Å². The molecule has 0 aliphatic carbocycles. The zero-order chi connectivity index (χ0) is 13.6. The summed E-state index contributed by atoms with van der Waals surface area (Å²) in [5, 5.41) is 0. The van der Waals surface area contributed by atoms with Crippen molar-refractivity contribution in [2.75, 3.05) is 12.3 Å². The third-order valence-electron chi connectivity index (χ3n) is 3.77. The van der Waals surface area contributed by atoms with Crippen molar-refractivity contribution >= 4 is 39.6 Å². The van der Waals surface area contributed by atoms with E-state index in [0.717, 1.165) is 30.6 Å². The number of nitrogens with two attached hydrogens (primary N) is 1. The first-order chi connectivity index (χ1) is 9.06. The highest BCUT2D eigenvalue weighted by Crippen LogP contribution is 2.28. The van der Waals surface area contributed by atoms with Crippen LogP contribution < -0.4 is 5.73 Å². The molecule has 3 rings (SSSR count). The number of halogens is 2. The number of rotatable bonds is 2. The quantitative estimate of drug-likeness (QED) is 0.822. The fourth-order valence-electron chi connectivity index (χ4n) is 2.58. The first-order valence-electron chi connectivity index (χ1n) is 6.28. The Morgan fingerprint density at radius 1 is 1.58 bits per heavy atom.